The first-order valence-electron chi connectivity index (χ1n) is 4.90. The van der Waals surface area contributed by atoms with Gasteiger partial charge in [0.2, 0.25) is 0 Å². The van der Waals surface area contributed by atoms with Crippen molar-refractivity contribution < 1.29 is 0 Å². The highest BCUT2D eigenvalue weighted by Crippen LogP contribution is 2.10. The molecule has 0 heterocycles. The van der Waals surface area contributed by atoms with E-state index >= 15 is 0 Å². The molecule has 1 aromatic carbocycles. The predicted octanol–water partition coefficient (Wildman–Crippen LogP) is 2.17. The summed E-state index contributed by atoms with van der Waals surface area (Å²) < 4.78 is 0. The lowest BCUT2D eigenvalue weighted by Gasteiger charge is -2.12. The molecule has 0 amide bonds. The Morgan fingerprint density at radius 3 is 2.93 bits per heavy atom. The molecule has 0 radical (unpaired) electrons. The molecule has 3 heteroatoms. The molecular formula is C11H17ClN2. The number of halogens is 1. The lowest BCUT2D eigenvalue weighted by atomic mass is 10.2. The fourth-order valence-electron chi connectivity index (χ4n) is 1.29. The normalized spacial score (nSPS) is 12.8. The summed E-state index contributed by atoms with van der Waals surface area (Å²) in [7, 11) is 0. The zero-order valence-corrected chi connectivity index (χ0v) is 9.22. The van der Waals surface area contributed by atoms with E-state index in [4.69, 9.17) is 17.3 Å². The summed E-state index contributed by atoms with van der Waals surface area (Å²) in [6, 6.07) is 8.35. The summed E-state index contributed by atoms with van der Waals surface area (Å²) in [6.45, 7) is 3.71. The molecule has 14 heavy (non-hydrogen) atoms. The van der Waals surface area contributed by atoms with E-state index in [0.717, 1.165) is 24.5 Å². The minimum Gasteiger partial charge on any atom is -0.330 e. The molecule has 2 nitrogen and oxygen atoms in total. The number of nitrogens with two attached hydrogens (primary N) is 1. The molecule has 3 N–H and O–H groups in total. The SMILES string of the molecule is CC(CCN)NCc1cccc(Cl)c1. The Hall–Kier alpha value is -0.570. The van der Waals surface area contributed by atoms with Gasteiger partial charge in [0.1, 0.15) is 0 Å². The number of hydrogen-bond acceptors (Lipinski definition) is 2. The van der Waals surface area contributed by atoms with E-state index in [0.29, 0.717) is 6.04 Å². The molecule has 0 saturated heterocycles. The van der Waals surface area contributed by atoms with Crippen LogP contribution < -0.4 is 11.1 Å². The first kappa shape index (κ1) is 11.5. The molecule has 1 unspecified atom stereocenters. The van der Waals surface area contributed by atoms with Crippen LogP contribution in [0.1, 0.15) is 18.9 Å². The summed E-state index contributed by atoms with van der Waals surface area (Å²) in [5.74, 6) is 0. The third kappa shape index (κ3) is 4.09. The minimum absolute atomic E-state index is 0.457. The zero-order valence-electron chi connectivity index (χ0n) is 8.46. The van der Waals surface area contributed by atoms with Gasteiger partial charge < -0.3 is 11.1 Å². The van der Waals surface area contributed by atoms with Crippen LogP contribution in [0.4, 0.5) is 0 Å². The summed E-state index contributed by atoms with van der Waals surface area (Å²) in [5, 5.41) is 4.18. The average molecular weight is 213 g/mol. The van der Waals surface area contributed by atoms with Crippen molar-refractivity contribution in [3.63, 3.8) is 0 Å². The van der Waals surface area contributed by atoms with Gasteiger partial charge in [0.25, 0.3) is 0 Å². The fourth-order valence-corrected chi connectivity index (χ4v) is 1.50. The van der Waals surface area contributed by atoms with Gasteiger partial charge in [-0.1, -0.05) is 23.7 Å². The maximum atomic E-state index is 5.87. The van der Waals surface area contributed by atoms with E-state index in [1.54, 1.807) is 0 Å². The van der Waals surface area contributed by atoms with Crippen molar-refractivity contribution in [1.82, 2.24) is 5.32 Å². The van der Waals surface area contributed by atoms with E-state index in [2.05, 4.69) is 18.3 Å². The van der Waals surface area contributed by atoms with Gasteiger partial charge in [0.15, 0.2) is 0 Å². The van der Waals surface area contributed by atoms with E-state index in [9.17, 15) is 0 Å². The van der Waals surface area contributed by atoms with Crippen LogP contribution in [0, 0.1) is 0 Å². The Kier molecular flexibility index (Phi) is 4.94. The van der Waals surface area contributed by atoms with Gasteiger partial charge in [-0.25, -0.2) is 0 Å². The second-order valence-corrected chi connectivity index (χ2v) is 3.93. The van der Waals surface area contributed by atoms with Crippen molar-refractivity contribution in [3.8, 4) is 0 Å². The number of benzene rings is 1. The van der Waals surface area contributed by atoms with Crippen molar-refractivity contribution in [3.05, 3.63) is 34.9 Å². The Morgan fingerprint density at radius 1 is 1.50 bits per heavy atom. The maximum Gasteiger partial charge on any atom is 0.0409 e. The van der Waals surface area contributed by atoms with Crippen molar-refractivity contribution >= 4 is 11.6 Å². The molecule has 0 aromatic heterocycles. The molecule has 0 spiro atoms. The van der Waals surface area contributed by atoms with Gasteiger partial charge in [-0.05, 0) is 37.6 Å². The Labute approximate surface area is 90.4 Å². The number of nitrogens with one attached hydrogen (secondary N) is 1. The average Bonchev–Trinajstić information content (AvgIpc) is 2.15. The van der Waals surface area contributed by atoms with Crippen LogP contribution in [0.5, 0.6) is 0 Å². The molecule has 0 aliphatic rings. The van der Waals surface area contributed by atoms with Gasteiger partial charge in [-0.2, -0.15) is 0 Å². The van der Waals surface area contributed by atoms with Gasteiger partial charge in [0, 0.05) is 17.6 Å². The highest BCUT2D eigenvalue weighted by molar-refractivity contribution is 6.30. The van der Waals surface area contributed by atoms with E-state index in [-0.39, 0.29) is 0 Å². The first-order chi connectivity index (χ1) is 6.72. The molecule has 1 atom stereocenters. The van der Waals surface area contributed by atoms with Crippen LogP contribution in [0.2, 0.25) is 5.02 Å². The van der Waals surface area contributed by atoms with E-state index in [1.807, 2.05) is 18.2 Å². The summed E-state index contributed by atoms with van der Waals surface area (Å²) in [6.07, 6.45) is 1.00. The summed E-state index contributed by atoms with van der Waals surface area (Å²) in [4.78, 5) is 0. The first-order valence-corrected chi connectivity index (χ1v) is 5.28. The van der Waals surface area contributed by atoms with E-state index in [1.165, 1.54) is 5.56 Å². The molecular weight excluding hydrogens is 196 g/mol. The lowest BCUT2D eigenvalue weighted by molar-refractivity contribution is 0.520. The topological polar surface area (TPSA) is 38.0 Å². The Balaban J connectivity index is 2.37. The smallest absolute Gasteiger partial charge is 0.0409 e. The van der Waals surface area contributed by atoms with Gasteiger partial charge in [0.05, 0.1) is 0 Å². The molecule has 0 aliphatic carbocycles. The van der Waals surface area contributed by atoms with Crippen molar-refractivity contribution in [2.45, 2.75) is 25.9 Å². The van der Waals surface area contributed by atoms with Crippen LogP contribution in [0.15, 0.2) is 24.3 Å². The van der Waals surface area contributed by atoms with Crippen LogP contribution in [0.25, 0.3) is 0 Å². The molecule has 0 aliphatic heterocycles. The Morgan fingerprint density at radius 2 is 2.29 bits per heavy atom. The highest BCUT2D eigenvalue weighted by atomic mass is 35.5. The predicted molar refractivity (Wildman–Crippen MR) is 61.4 cm³/mol. The monoisotopic (exact) mass is 212 g/mol. The van der Waals surface area contributed by atoms with Crippen molar-refractivity contribution in [2.24, 2.45) is 5.73 Å². The van der Waals surface area contributed by atoms with Crippen molar-refractivity contribution in [1.29, 1.82) is 0 Å². The lowest BCUT2D eigenvalue weighted by Crippen LogP contribution is -2.27. The largest absolute Gasteiger partial charge is 0.330 e. The molecule has 0 saturated carbocycles. The van der Waals surface area contributed by atoms with Crippen molar-refractivity contribution in [2.75, 3.05) is 6.54 Å². The highest BCUT2D eigenvalue weighted by Gasteiger charge is 1.99. The number of rotatable bonds is 5. The van der Waals surface area contributed by atoms with Crippen LogP contribution in [-0.2, 0) is 6.54 Å². The van der Waals surface area contributed by atoms with Crippen LogP contribution >= 0.6 is 11.6 Å². The minimum atomic E-state index is 0.457. The van der Waals surface area contributed by atoms with Crippen LogP contribution in [0.3, 0.4) is 0 Å². The second kappa shape index (κ2) is 6.02. The second-order valence-electron chi connectivity index (χ2n) is 3.49. The molecule has 1 aromatic rings. The molecule has 0 bridgehead atoms. The van der Waals surface area contributed by atoms with Gasteiger partial charge in [-0.3, -0.25) is 0 Å². The van der Waals surface area contributed by atoms with Gasteiger partial charge in [-0.15, -0.1) is 0 Å². The fraction of sp³-hybridized carbons (Fsp3) is 0.455. The molecule has 78 valence electrons. The summed E-state index contributed by atoms with van der Waals surface area (Å²) in [5.41, 5.74) is 6.67. The molecule has 1 rings (SSSR count). The third-order valence-corrected chi connectivity index (χ3v) is 2.38. The quantitative estimate of drug-likeness (QED) is 0.785. The number of hydrogen-bond donors (Lipinski definition) is 2. The summed E-state index contributed by atoms with van der Waals surface area (Å²) >= 11 is 5.87. The van der Waals surface area contributed by atoms with Gasteiger partial charge >= 0.3 is 0 Å². The third-order valence-electron chi connectivity index (χ3n) is 2.14. The van der Waals surface area contributed by atoms with E-state index < -0.39 is 0 Å². The standard InChI is InChI=1S/C11H17ClN2/c1-9(5-6-13)14-8-10-3-2-4-11(12)7-10/h2-4,7,9,14H,5-6,8,13H2,1H3. The Bertz CT molecular complexity index is 276. The van der Waals surface area contributed by atoms with Crippen LogP contribution in [-0.4, -0.2) is 12.6 Å². The molecule has 0 fully saturated rings. The zero-order chi connectivity index (χ0) is 10.4. The maximum absolute atomic E-state index is 5.87.